The van der Waals surface area contributed by atoms with E-state index < -0.39 is 0 Å². The van der Waals surface area contributed by atoms with Gasteiger partial charge in [-0.15, -0.1) is 0 Å². The zero-order chi connectivity index (χ0) is 11.2. The molecule has 0 aromatic heterocycles. The highest BCUT2D eigenvalue weighted by atomic mass is 14.5. The molecule has 2 heteroatoms. The molecule has 5 atom stereocenters. The Morgan fingerprint density at radius 3 is 2.27 bits per heavy atom. The van der Waals surface area contributed by atoms with Crippen LogP contribution in [-0.2, 0) is 0 Å². The van der Waals surface area contributed by atoms with Gasteiger partial charge in [-0.25, -0.2) is 0 Å². The van der Waals surface area contributed by atoms with Crippen LogP contribution in [0.4, 0.5) is 0 Å². The highest BCUT2D eigenvalue weighted by molar-refractivity contribution is 6.39. The van der Waals surface area contributed by atoms with Crippen LogP contribution in [0.15, 0.2) is 0 Å². The predicted molar refractivity (Wildman–Crippen MR) is 72.7 cm³/mol. The summed E-state index contributed by atoms with van der Waals surface area (Å²) < 4.78 is 0. The Balaban J connectivity index is 2.16. The molecule has 0 spiro atoms. The molecule has 5 unspecified atom stereocenters. The van der Waals surface area contributed by atoms with E-state index >= 15 is 0 Å². The predicted octanol–water partition coefficient (Wildman–Crippen LogP) is 2.10. The number of rotatable bonds is 1. The average Bonchev–Trinajstić information content (AvgIpc) is 1.97. The Morgan fingerprint density at radius 1 is 1.00 bits per heavy atom. The van der Waals surface area contributed by atoms with Gasteiger partial charge in [-0.05, 0) is 55.3 Å². The lowest BCUT2D eigenvalue weighted by molar-refractivity contribution is 0.0384. The second kappa shape index (κ2) is 3.86. The van der Waals surface area contributed by atoms with Gasteiger partial charge in [0.25, 0.3) is 0 Å². The molecule has 0 amide bonds. The van der Waals surface area contributed by atoms with Crippen molar-refractivity contribution in [1.82, 2.24) is 0 Å². The fourth-order valence-electron chi connectivity index (χ4n) is 4.99. The minimum Gasteiger partial charge on any atom is -0.0840 e. The van der Waals surface area contributed by atoms with Crippen molar-refractivity contribution in [2.75, 3.05) is 0 Å². The molecule has 84 valence electrons. The standard InChI is InChI=1S/C13H26B2/c1-8-4-10-6-9(2)12(13(3,14)15)11(5-8)7-10/h8-12H,4-7,14-15H2,1-3H3. The summed E-state index contributed by atoms with van der Waals surface area (Å²) in [6.45, 7) is 7.42. The van der Waals surface area contributed by atoms with Crippen molar-refractivity contribution in [3.05, 3.63) is 0 Å². The van der Waals surface area contributed by atoms with E-state index in [1.165, 1.54) is 25.7 Å². The maximum Gasteiger partial charge on any atom is 0.0992 e. The third kappa shape index (κ3) is 2.29. The smallest absolute Gasteiger partial charge is 0.0840 e. The summed E-state index contributed by atoms with van der Waals surface area (Å²) in [5.74, 6) is 5.01. The zero-order valence-electron chi connectivity index (χ0n) is 11.2. The molecular weight excluding hydrogens is 178 g/mol. The molecule has 2 aliphatic rings. The molecule has 0 aromatic rings. The van der Waals surface area contributed by atoms with E-state index in [-0.39, 0.29) is 0 Å². The van der Waals surface area contributed by atoms with E-state index in [1.54, 1.807) is 0 Å². The monoisotopic (exact) mass is 204 g/mol. The lowest BCUT2D eigenvalue weighted by Gasteiger charge is -2.51. The molecule has 0 aliphatic heterocycles. The van der Waals surface area contributed by atoms with Gasteiger partial charge in [0.05, 0.1) is 15.7 Å². The van der Waals surface area contributed by atoms with Crippen LogP contribution in [0.1, 0.15) is 46.5 Å². The van der Waals surface area contributed by atoms with E-state index in [9.17, 15) is 0 Å². The first-order valence-electron chi connectivity index (χ1n) is 6.88. The van der Waals surface area contributed by atoms with E-state index in [4.69, 9.17) is 0 Å². The molecule has 2 saturated carbocycles. The van der Waals surface area contributed by atoms with Crippen molar-refractivity contribution in [1.29, 1.82) is 0 Å². The fourth-order valence-corrected chi connectivity index (χ4v) is 4.99. The van der Waals surface area contributed by atoms with Gasteiger partial charge in [-0.3, -0.25) is 0 Å². The van der Waals surface area contributed by atoms with E-state index in [0.29, 0.717) is 5.21 Å². The highest BCUT2D eigenvalue weighted by Crippen LogP contribution is 2.54. The Hall–Kier alpha value is 0.130. The van der Waals surface area contributed by atoms with Gasteiger partial charge in [0, 0.05) is 0 Å². The van der Waals surface area contributed by atoms with Gasteiger partial charge in [0.15, 0.2) is 0 Å². The first kappa shape index (κ1) is 11.6. The zero-order valence-corrected chi connectivity index (χ0v) is 11.2. The normalized spacial score (nSPS) is 46.5. The maximum absolute atomic E-state index is 2.51. The molecular formula is C13H26B2. The van der Waals surface area contributed by atoms with Crippen molar-refractivity contribution in [3.8, 4) is 0 Å². The highest BCUT2D eigenvalue weighted by Gasteiger charge is 2.44. The number of hydrogen-bond donors (Lipinski definition) is 0. The van der Waals surface area contributed by atoms with Gasteiger partial charge in [0.2, 0.25) is 0 Å². The van der Waals surface area contributed by atoms with Crippen LogP contribution < -0.4 is 0 Å². The maximum atomic E-state index is 2.51. The molecule has 0 heterocycles. The molecule has 2 bridgehead atoms. The Labute approximate surface area is 97.4 Å². The quantitative estimate of drug-likeness (QED) is 0.573. The third-order valence-electron chi connectivity index (χ3n) is 4.90. The van der Waals surface area contributed by atoms with Crippen LogP contribution in [-0.4, -0.2) is 15.7 Å². The summed E-state index contributed by atoms with van der Waals surface area (Å²) in [6, 6.07) is 0. The first-order valence-corrected chi connectivity index (χ1v) is 6.88. The molecule has 15 heavy (non-hydrogen) atoms. The molecule has 0 aromatic carbocycles. The van der Waals surface area contributed by atoms with E-state index in [2.05, 4.69) is 36.5 Å². The van der Waals surface area contributed by atoms with Crippen LogP contribution in [0.5, 0.6) is 0 Å². The van der Waals surface area contributed by atoms with Crippen LogP contribution in [0.2, 0.25) is 5.21 Å². The summed E-state index contributed by atoms with van der Waals surface area (Å²) in [7, 11) is 4.90. The summed E-state index contributed by atoms with van der Waals surface area (Å²) in [5.41, 5.74) is 0. The van der Waals surface area contributed by atoms with Crippen LogP contribution in [0, 0.1) is 29.6 Å². The van der Waals surface area contributed by atoms with Gasteiger partial charge in [-0.1, -0.05) is 26.0 Å². The second-order valence-corrected chi connectivity index (χ2v) is 7.54. The van der Waals surface area contributed by atoms with Crippen molar-refractivity contribution in [2.24, 2.45) is 29.6 Å². The van der Waals surface area contributed by atoms with Crippen molar-refractivity contribution >= 4 is 15.7 Å². The minimum atomic E-state index is 0.520. The SMILES string of the molecule is BC(B)(C)C1C(C)CC2CC(C)CC1C2. The van der Waals surface area contributed by atoms with Gasteiger partial charge in [0.1, 0.15) is 0 Å². The molecule has 0 nitrogen and oxygen atoms in total. The third-order valence-corrected chi connectivity index (χ3v) is 4.90. The lowest BCUT2D eigenvalue weighted by atomic mass is 9.41. The Morgan fingerprint density at radius 2 is 1.67 bits per heavy atom. The molecule has 0 saturated heterocycles. The van der Waals surface area contributed by atoms with Crippen molar-refractivity contribution in [3.63, 3.8) is 0 Å². The molecule has 0 radical (unpaired) electrons. The fraction of sp³-hybridized carbons (Fsp3) is 1.00. The number of fused-ring (bicyclic) bond motifs is 2. The number of hydrogen-bond acceptors (Lipinski definition) is 0. The molecule has 2 aliphatic carbocycles. The van der Waals surface area contributed by atoms with E-state index in [0.717, 1.165) is 29.6 Å². The van der Waals surface area contributed by atoms with Crippen molar-refractivity contribution in [2.45, 2.75) is 51.7 Å². The molecule has 2 rings (SSSR count). The largest absolute Gasteiger partial charge is 0.0992 e. The van der Waals surface area contributed by atoms with Crippen LogP contribution >= 0.6 is 0 Å². The minimum absolute atomic E-state index is 0.520. The van der Waals surface area contributed by atoms with Crippen LogP contribution in [0.3, 0.4) is 0 Å². The second-order valence-electron chi connectivity index (χ2n) is 7.54. The Kier molecular flexibility index (Phi) is 2.99. The summed E-state index contributed by atoms with van der Waals surface area (Å²) in [4.78, 5) is 0. The Bertz CT molecular complexity index is 227. The first-order chi connectivity index (χ1) is 6.88. The van der Waals surface area contributed by atoms with Gasteiger partial charge < -0.3 is 0 Å². The molecule has 0 N–H and O–H groups in total. The van der Waals surface area contributed by atoms with Gasteiger partial charge in [-0.2, -0.15) is 0 Å². The topological polar surface area (TPSA) is 0 Å². The van der Waals surface area contributed by atoms with E-state index in [1.807, 2.05) is 0 Å². The lowest BCUT2D eigenvalue weighted by Crippen LogP contribution is -2.42. The average molecular weight is 204 g/mol. The molecule has 2 fully saturated rings. The summed E-state index contributed by atoms with van der Waals surface area (Å²) in [5, 5.41) is 0.520. The summed E-state index contributed by atoms with van der Waals surface area (Å²) >= 11 is 0. The van der Waals surface area contributed by atoms with Crippen LogP contribution in [0.25, 0.3) is 0 Å². The van der Waals surface area contributed by atoms with Crippen molar-refractivity contribution < 1.29 is 0 Å². The van der Waals surface area contributed by atoms with Gasteiger partial charge >= 0.3 is 0 Å². The summed E-state index contributed by atoms with van der Waals surface area (Å²) in [6.07, 6.45) is 6.06.